The molecule has 0 aromatic heterocycles. The van der Waals surface area contributed by atoms with Crippen molar-refractivity contribution >= 4 is 23.9 Å². The van der Waals surface area contributed by atoms with Gasteiger partial charge in [-0.2, -0.15) is 0 Å². The van der Waals surface area contributed by atoms with Crippen LogP contribution in [0.5, 0.6) is 0 Å². The van der Waals surface area contributed by atoms with E-state index < -0.39 is 35.2 Å². The van der Waals surface area contributed by atoms with Gasteiger partial charge in [-0.25, -0.2) is 0 Å². The molecule has 116 heavy (non-hydrogen) atoms. The first-order valence-corrected chi connectivity index (χ1v) is 44.6. The van der Waals surface area contributed by atoms with Crippen LogP contribution in [0.2, 0.25) is 0 Å². The highest BCUT2D eigenvalue weighted by Crippen LogP contribution is 2.37. The van der Waals surface area contributed by atoms with Crippen molar-refractivity contribution in [1.29, 1.82) is 0 Å². The Hall–Kier alpha value is -5.56. The summed E-state index contributed by atoms with van der Waals surface area (Å²) in [5, 5.41) is 40.1. The fourth-order valence-electron chi connectivity index (χ4n) is 11.7. The molecule has 0 bridgehead atoms. The van der Waals surface area contributed by atoms with Crippen LogP contribution in [-0.4, -0.2) is 223 Å². The van der Waals surface area contributed by atoms with Gasteiger partial charge in [0.15, 0.2) is 0 Å². The number of nitrogens with zero attached hydrogens (tertiary/aromatic N) is 4. The molecular formula is C100H184N4O12+4. The average Bonchev–Trinajstić information content (AvgIpc) is 0.847. The molecule has 16 nitrogen and oxygen atoms in total. The summed E-state index contributed by atoms with van der Waals surface area (Å²) < 4.78 is 24.2. The summed E-state index contributed by atoms with van der Waals surface area (Å²) in [7, 11) is 20.2. The Balaban J connectivity index is -0.000000665. The van der Waals surface area contributed by atoms with Crippen molar-refractivity contribution in [3.63, 3.8) is 0 Å². The van der Waals surface area contributed by atoms with Gasteiger partial charge in [-0.1, -0.05) is 272 Å². The zero-order valence-corrected chi connectivity index (χ0v) is 81.0. The van der Waals surface area contributed by atoms with Gasteiger partial charge in [0.25, 0.3) is 0 Å². The number of aliphatic hydroxyl groups is 4. The largest absolute Gasteiger partial charge is 0.462 e. The number of rotatable bonds is 42. The Labute approximate surface area is 714 Å². The van der Waals surface area contributed by atoms with E-state index in [1.54, 1.807) is 0 Å². The molecule has 4 rings (SSSR count). The number of carbonyl (C=O) groups excluding carboxylic acids is 4. The van der Waals surface area contributed by atoms with E-state index in [-0.39, 0.29) is 62.1 Å². The number of ether oxygens (including phenoxy) is 4. The minimum absolute atomic E-state index is 0.0555. The third-order valence-corrected chi connectivity index (χ3v) is 21.3. The molecule has 0 fully saturated rings. The Morgan fingerprint density at radius 2 is 0.509 bits per heavy atom. The number of quaternary nitrogens is 4. The molecule has 672 valence electrons. The smallest absolute Gasteiger partial charge is 0.311 e. The second-order valence-corrected chi connectivity index (χ2v) is 38.6. The fraction of sp³-hybridized carbons (Fsp3) is 0.720. The second-order valence-electron chi connectivity index (χ2n) is 38.6. The molecule has 0 radical (unpaired) electrons. The Morgan fingerprint density at radius 3 is 0.698 bits per heavy atom. The van der Waals surface area contributed by atoms with Crippen LogP contribution in [-0.2, 0) is 38.1 Å². The van der Waals surface area contributed by atoms with Gasteiger partial charge in [-0.05, 0) is 163 Å². The first-order chi connectivity index (χ1) is 53.7. The van der Waals surface area contributed by atoms with E-state index in [4.69, 9.17) is 18.9 Å². The van der Waals surface area contributed by atoms with Gasteiger partial charge in [-0.3, -0.25) is 19.2 Å². The molecule has 0 amide bonds. The summed E-state index contributed by atoms with van der Waals surface area (Å²) in [4.78, 5) is 49.4. The van der Waals surface area contributed by atoms with Crippen molar-refractivity contribution in [2.45, 2.75) is 291 Å². The Morgan fingerprint density at radius 1 is 0.310 bits per heavy atom. The molecule has 0 aliphatic carbocycles. The number of aliphatic hydroxyl groups excluding tert-OH is 4. The van der Waals surface area contributed by atoms with Crippen LogP contribution >= 0.6 is 0 Å². The van der Waals surface area contributed by atoms with E-state index in [1.807, 2.05) is 157 Å². The fourth-order valence-corrected chi connectivity index (χ4v) is 11.7. The van der Waals surface area contributed by atoms with Gasteiger partial charge in [0.05, 0.1) is 106 Å². The van der Waals surface area contributed by atoms with Crippen LogP contribution in [0.4, 0.5) is 0 Å². The molecule has 0 aliphatic heterocycles. The third-order valence-electron chi connectivity index (χ3n) is 21.3. The third kappa shape index (κ3) is 61.7. The van der Waals surface area contributed by atoms with Crippen LogP contribution in [0.3, 0.4) is 0 Å². The van der Waals surface area contributed by atoms with Crippen molar-refractivity contribution in [3.8, 4) is 0 Å². The van der Waals surface area contributed by atoms with Gasteiger partial charge >= 0.3 is 23.9 Å². The number of esters is 4. The highest BCUT2D eigenvalue weighted by Gasteiger charge is 2.36. The molecule has 0 aliphatic rings. The molecule has 4 N–H and O–H groups in total. The van der Waals surface area contributed by atoms with Crippen LogP contribution in [0.25, 0.3) is 0 Å². The quantitative estimate of drug-likeness (QED) is 0.0187. The number of carbonyl (C=O) groups is 4. The van der Waals surface area contributed by atoms with Gasteiger partial charge in [0.1, 0.15) is 77.0 Å². The molecular weight excluding hydrogens is 1450 g/mol. The van der Waals surface area contributed by atoms with Crippen LogP contribution in [0.15, 0.2) is 121 Å². The van der Waals surface area contributed by atoms with Crippen LogP contribution < -0.4 is 0 Å². The topological polar surface area (TPSA) is 186 Å². The molecule has 10 atom stereocenters. The van der Waals surface area contributed by atoms with Gasteiger partial charge in [0, 0.05) is 0 Å². The molecule has 0 heterocycles. The summed E-state index contributed by atoms with van der Waals surface area (Å²) in [5.74, 6) is 3.64. The average molecular weight is 1630 g/mol. The minimum Gasteiger partial charge on any atom is -0.462 e. The Bertz CT molecular complexity index is 2990. The molecule has 0 spiro atoms. The Kier molecular flexibility index (Phi) is 63.8. The highest BCUT2D eigenvalue weighted by molar-refractivity contribution is 5.76. The summed E-state index contributed by atoms with van der Waals surface area (Å²) >= 11 is 0. The highest BCUT2D eigenvalue weighted by atomic mass is 16.6. The lowest BCUT2D eigenvalue weighted by molar-refractivity contribution is -0.891. The van der Waals surface area contributed by atoms with Gasteiger partial charge in [0.2, 0.25) is 0 Å². The number of benzene rings is 4. The summed E-state index contributed by atoms with van der Waals surface area (Å²) in [5.41, 5.74) is 3.89. The van der Waals surface area contributed by atoms with Crippen molar-refractivity contribution in [2.75, 3.05) is 136 Å². The van der Waals surface area contributed by atoms with E-state index >= 15 is 0 Å². The summed E-state index contributed by atoms with van der Waals surface area (Å²) in [6, 6.07) is 41.2. The summed E-state index contributed by atoms with van der Waals surface area (Å²) in [6.07, 6.45) is 9.66. The predicted molar refractivity (Wildman–Crippen MR) is 491 cm³/mol. The van der Waals surface area contributed by atoms with Crippen LogP contribution in [0.1, 0.15) is 289 Å². The molecule has 4 aromatic rings. The number of hydrogen-bond acceptors (Lipinski definition) is 12. The SMILES string of the molecule is CCC(C)C.CCC(C)C.CCC(C)C.CCC(C)C.CCC(CC(C)(C)C(=O)OCC(O)C[N+](C)(C)C)c1ccccc1.CCC(CC(C)(C)C(=O)OCC(O)C[N+](C)(C)CC)c1ccccc1.CCC(CC(C)C(=O)OCC(O)C[N+](C)(C)C)c1ccccc1.CCC(CC(C)C(=O)OCC(O)C[N+](C)(C)CC)c1ccccc1. The lowest BCUT2D eigenvalue weighted by Gasteiger charge is -2.31. The van der Waals surface area contributed by atoms with E-state index in [9.17, 15) is 39.6 Å². The lowest BCUT2D eigenvalue weighted by Crippen LogP contribution is -2.46. The maximum Gasteiger partial charge on any atom is 0.311 e. The molecule has 16 heteroatoms. The monoisotopic (exact) mass is 1630 g/mol. The summed E-state index contributed by atoms with van der Waals surface area (Å²) in [6.45, 7) is 55.2. The van der Waals surface area contributed by atoms with E-state index in [0.717, 1.165) is 88.1 Å². The first kappa shape index (κ1) is 117. The van der Waals surface area contributed by atoms with Gasteiger partial charge < -0.3 is 57.3 Å². The normalized spacial score (nSPS) is 14.3. The zero-order valence-electron chi connectivity index (χ0n) is 81.0. The lowest BCUT2D eigenvalue weighted by atomic mass is 9.79. The molecule has 0 saturated carbocycles. The predicted octanol–water partition coefficient (Wildman–Crippen LogP) is 21.0. The number of likely N-dealkylation sites (N-methyl/N-ethyl adjacent to an activating group) is 4. The number of hydrogen-bond donors (Lipinski definition) is 4. The second kappa shape index (κ2) is 63.4. The maximum atomic E-state index is 12.5. The van der Waals surface area contributed by atoms with Gasteiger partial charge in [-0.15, -0.1) is 0 Å². The molecule has 4 aromatic carbocycles. The van der Waals surface area contributed by atoms with E-state index in [0.29, 0.717) is 67.8 Å². The maximum absolute atomic E-state index is 12.5. The van der Waals surface area contributed by atoms with Crippen molar-refractivity contribution in [2.24, 2.45) is 46.3 Å². The van der Waals surface area contributed by atoms with E-state index in [2.05, 4.69) is 201 Å². The van der Waals surface area contributed by atoms with Crippen molar-refractivity contribution in [1.82, 2.24) is 0 Å². The van der Waals surface area contributed by atoms with E-state index in [1.165, 1.54) is 47.9 Å². The first-order valence-electron chi connectivity index (χ1n) is 44.6. The van der Waals surface area contributed by atoms with Crippen molar-refractivity contribution < 1.29 is 76.5 Å². The molecule has 10 unspecified atom stereocenters. The molecule has 0 saturated heterocycles. The van der Waals surface area contributed by atoms with Crippen molar-refractivity contribution in [3.05, 3.63) is 144 Å². The van der Waals surface area contributed by atoms with Crippen LogP contribution in [0, 0.1) is 46.3 Å². The minimum atomic E-state index is -0.638. The standard InChI is InChI=1S/C21H36NO3.2C20H34NO3.C19H32NO3.4C5H12/c1-7-17(18-12-10-9-11-13-18)14-21(3,4)20(24)25-16-19(23)15-22(5,6)8-2;1-7-16(17-11-9-8-10-12-17)13-20(2,3)19(23)24-15-18(22)14-21(4,5)6;1-6-17(18-11-9-8-10-12-18)13-16(3)20(23)24-15-19(22)14-21(4,5)7-2;1-6-16(17-10-8-7-9-11-17)12-15(2)19(22)23-14-18(21)13-20(3,4)5;4*1-4-5(2)3/h9-13,17,19,23H,7-8,14-16H2,1-6H3;8-12,16,18,22H,7,13-15H2,1-6H3;8-12,16-17,19,22H,6-7,13-15H2,1-5H3;7-11,15-16,18,21H,6,12-14H2,1-5H3;4*5H,4H2,1-3H3/q4*+1;;;;. The zero-order chi connectivity index (χ0) is 90.2.